The van der Waals surface area contributed by atoms with Crippen LogP contribution in [0.2, 0.25) is 0 Å². The summed E-state index contributed by atoms with van der Waals surface area (Å²) in [5.74, 6) is 0.365. The molecule has 0 radical (unpaired) electrons. The first-order chi connectivity index (χ1) is 26.2. The fourth-order valence-electron chi connectivity index (χ4n) is 7.17. The van der Waals surface area contributed by atoms with Crippen LogP contribution in [0, 0.1) is 0 Å². The third-order valence-corrected chi connectivity index (χ3v) is 10.6. The Hall–Kier alpha value is -4.90. The van der Waals surface area contributed by atoms with Gasteiger partial charge in [-0.25, -0.2) is 4.79 Å². The molecule has 0 spiro atoms. The predicted molar refractivity (Wildman–Crippen MR) is 215 cm³/mol. The molecule has 3 aromatic rings. The molecule has 3 aromatic carbocycles. The standard InChI is InChI=1S/C43H58N6O5/c1-4-40(50)46(2)25-13-26-49-29-21-34-32-35(19-20-38(34)42(49)52)44-24-12-6-9-18-41(51)47(3)30-31-48-27-22-36(23-28-48)54-43(53)45-39-17-11-10-16-37(39)33-14-7-5-8-15-33/h5,7-8,10-11,14-17,19-20,32,36,44H,4,6,9,12-13,18,21-31H2,1-3H3,(H,45,53). The van der Waals surface area contributed by atoms with E-state index in [-0.39, 0.29) is 23.8 Å². The van der Waals surface area contributed by atoms with Gasteiger partial charge < -0.3 is 29.7 Å². The summed E-state index contributed by atoms with van der Waals surface area (Å²) in [7, 11) is 3.70. The zero-order valence-corrected chi connectivity index (χ0v) is 32.4. The molecule has 290 valence electrons. The first-order valence-corrected chi connectivity index (χ1v) is 19.7. The van der Waals surface area contributed by atoms with Gasteiger partial charge in [0.15, 0.2) is 0 Å². The second-order valence-electron chi connectivity index (χ2n) is 14.5. The van der Waals surface area contributed by atoms with Crippen molar-refractivity contribution in [2.75, 3.05) is 77.1 Å². The molecule has 0 unspecified atom stereocenters. The Morgan fingerprint density at radius 3 is 2.31 bits per heavy atom. The molecule has 2 N–H and O–H groups in total. The summed E-state index contributed by atoms with van der Waals surface area (Å²) in [6.07, 6.45) is 6.39. The maximum absolute atomic E-state index is 13.1. The maximum Gasteiger partial charge on any atom is 0.411 e. The van der Waals surface area contributed by atoms with Crippen LogP contribution < -0.4 is 10.6 Å². The van der Waals surface area contributed by atoms with Crippen LogP contribution in [0.25, 0.3) is 11.1 Å². The molecule has 54 heavy (non-hydrogen) atoms. The highest BCUT2D eigenvalue weighted by molar-refractivity contribution is 5.97. The molecule has 0 aromatic heterocycles. The van der Waals surface area contributed by atoms with Gasteiger partial charge >= 0.3 is 6.09 Å². The van der Waals surface area contributed by atoms with Crippen molar-refractivity contribution in [3.05, 3.63) is 83.9 Å². The van der Waals surface area contributed by atoms with Gasteiger partial charge in [0.1, 0.15) is 6.10 Å². The Kier molecular flexibility index (Phi) is 15.3. The third-order valence-electron chi connectivity index (χ3n) is 10.6. The molecule has 2 aliphatic heterocycles. The first kappa shape index (κ1) is 40.3. The van der Waals surface area contributed by atoms with Crippen LogP contribution in [-0.4, -0.2) is 116 Å². The second-order valence-corrected chi connectivity index (χ2v) is 14.5. The molecule has 0 saturated carbocycles. The minimum absolute atomic E-state index is 0.0693. The van der Waals surface area contributed by atoms with Gasteiger partial charge in [0.25, 0.3) is 5.91 Å². The van der Waals surface area contributed by atoms with Gasteiger partial charge in [-0.1, -0.05) is 61.9 Å². The van der Waals surface area contributed by atoms with E-state index in [1.165, 1.54) is 0 Å². The molecule has 11 nitrogen and oxygen atoms in total. The van der Waals surface area contributed by atoms with Crippen molar-refractivity contribution in [1.29, 1.82) is 0 Å². The number of rotatable bonds is 18. The third kappa shape index (κ3) is 11.8. The van der Waals surface area contributed by atoms with E-state index in [9.17, 15) is 19.2 Å². The van der Waals surface area contributed by atoms with Crippen molar-refractivity contribution < 1.29 is 23.9 Å². The van der Waals surface area contributed by atoms with Crippen molar-refractivity contribution in [2.24, 2.45) is 0 Å². The number of likely N-dealkylation sites (N-methyl/N-ethyl adjacent to an activating group) is 1. The fourth-order valence-corrected chi connectivity index (χ4v) is 7.17. The number of likely N-dealkylation sites (tertiary alicyclic amines) is 1. The number of hydrogen-bond acceptors (Lipinski definition) is 7. The summed E-state index contributed by atoms with van der Waals surface area (Å²) >= 11 is 0. The topological polar surface area (TPSA) is 115 Å². The Morgan fingerprint density at radius 2 is 1.54 bits per heavy atom. The Labute approximate surface area is 321 Å². The molecular weight excluding hydrogens is 681 g/mol. The minimum atomic E-state index is -0.430. The highest BCUT2D eigenvalue weighted by atomic mass is 16.6. The number of fused-ring (bicyclic) bond motifs is 1. The zero-order chi connectivity index (χ0) is 38.3. The number of unbranched alkanes of at least 4 members (excludes halogenated alkanes) is 2. The van der Waals surface area contributed by atoms with Crippen LogP contribution >= 0.6 is 0 Å². The van der Waals surface area contributed by atoms with E-state index < -0.39 is 6.09 Å². The fraction of sp³-hybridized carbons (Fsp3) is 0.488. The number of nitrogens with one attached hydrogen (secondary N) is 2. The number of ether oxygens (including phenoxy) is 1. The molecule has 11 heteroatoms. The Balaban J connectivity index is 0.910. The maximum atomic E-state index is 13.1. The number of para-hydroxylation sites is 1. The van der Waals surface area contributed by atoms with Gasteiger partial charge in [-0.3, -0.25) is 19.7 Å². The van der Waals surface area contributed by atoms with Gasteiger partial charge in [0.05, 0.1) is 5.69 Å². The zero-order valence-electron chi connectivity index (χ0n) is 32.4. The van der Waals surface area contributed by atoms with Crippen molar-refractivity contribution in [3.8, 4) is 11.1 Å². The van der Waals surface area contributed by atoms with Crippen molar-refractivity contribution in [2.45, 2.75) is 70.8 Å². The van der Waals surface area contributed by atoms with Crippen LogP contribution in [0.5, 0.6) is 0 Å². The van der Waals surface area contributed by atoms with E-state index in [2.05, 4.69) is 21.6 Å². The molecule has 5 rings (SSSR count). The van der Waals surface area contributed by atoms with Gasteiger partial charge in [0, 0.05) is 96.1 Å². The SMILES string of the molecule is CCC(=O)N(C)CCCN1CCc2cc(NCCCCCC(=O)N(C)CCN3CCC(OC(=O)Nc4ccccc4-c4ccccc4)CC3)ccc2C1=O. The van der Waals surface area contributed by atoms with Crippen molar-refractivity contribution in [1.82, 2.24) is 19.6 Å². The number of carbonyl (C=O) groups is 4. The number of amides is 4. The Bertz CT molecular complexity index is 1690. The number of nitrogens with zero attached hydrogens (tertiary/aromatic N) is 4. The van der Waals surface area contributed by atoms with Crippen LogP contribution in [0.3, 0.4) is 0 Å². The molecule has 0 aliphatic carbocycles. The highest BCUT2D eigenvalue weighted by Gasteiger charge is 2.25. The summed E-state index contributed by atoms with van der Waals surface area (Å²) in [5.41, 5.74) is 5.59. The number of piperidine rings is 1. The number of anilines is 2. The summed E-state index contributed by atoms with van der Waals surface area (Å²) in [4.78, 5) is 58.2. The van der Waals surface area contributed by atoms with E-state index >= 15 is 0 Å². The molecule has 4 amide bonds. The smallest absolute Gasteiger partial charge is 0.411 e. The summed E-state index contributed by atoms with van der Waals surface area (Å²) < 4.78 is 5.78. The van der Waals surface area contributed by atoms with Gasteiger partial charge in [-0.15, -0.1) is 0 Å². The number of hydrogen-bond donors (Lipinski definition) is 2. The molecule has 2 aliphatic rings. The molecular formula is C43H58N6O5. The number of benzene rings is 3. The van der Waals surface area contributed by atoms with E-state index in [1.807, 2.05) is 97.5 Å². The molecule has 0 atom stereocenters. The lowest BCUT2D eigenvalue weighted by Crippen LogP contribution is -2.42. The lowest BCUT2D eigenvalue weighted by molar-refractivity contribution is -0.130. The van der Waals surface area contributed by atoms with Gasteiger partial charge in [-0.05, 0) is 73.9 Å². The van der Waals surface area contributed by atoms with E-state index in [4.69, 9.17) is 4.74 Å². The minimum Gasteiger partial charge on any atom is -0.446 e. The van der Waals surface area contributed by atoms with Gasteiger partial charge in [-0.2, -0.15) is 0 Å². The highest BCUT2D eigenvalue weighted by Crippen LogP contribution is 2.28. The summed E-state index contributed by atoms with van der Waals surface area (Å²) in [6.45, 7) is 7.82. The van der Waals surface area contributed by atoms with Crippen molar-refractivity contribution in [3.63, 3.8) is 0 Å². The molecule has 0 bridgehead atoms. The molecule has 1 saturated heterocycles. The largest absolute Gasteiger partial charge is 0.446 e. The summed E-state index contributed by atoms with van der Waals surface area (Å²) in [5, 5.41) is 6.43. The van der Waals surface area contributed by atoms with Crippen molar-refractivity contribution >= 4 is 35.2 Å². The average molecular weight is 739 g/mol. The Morgan fingerprint density at radius 1 is 0.796 bits per heavy atom. The summed E-state index contributed by atoms with van der Waals surface area (Å²) in [6, 6.07) is 23.7. The van der Waals surface area contributed by atoms with Crippen LogP contribution in [0.15, 0.2) is 72.8 Å². The lowest BCUT2D eigenvalue weighted by atomic mass is 9.98. The monoisotopic (exact) mass is 738 g/mol. The van der Waals surface area contributed by atoms with Crippen LogP contribution in [-0.2, 0) is 20.7 Å². The first-order valence-electron chi connectivity index (χ1n) is 19.7. The molecule has 2 heterocycles. The average Bonchev–Trinajstić information content (AvgIpc) is 3.19. The van der Waals surface area contributed by atoms with Crippen LogP contribution in [0.4, 0.5) is 16.2 Å². The van der Waals surface area contributed by atoms with E-state index in [0.29, 0.717) is 39.0 Å². The van der Waals surface area contributed by atoms with Gasteiger partial charge in [0.2, 0.25) is 11.8 Å². The second kappa shape index (κ2) is 20.5. The predicted octanol–water partition coefficient (Wildman–Crippen LogP) is 6.75. The van der Waals surface area contributed by atoms with E-state index in [1.54, 1.807) is 4.90 Å². The quantitative estimate of drug-likeness (QED) is 0.139. The lowest BCUT2D eigenvalue weighted by Gasteiger charge is -2.32. The van der Waals surface area contributed by atoms with Crippen LogP contribution in [0.1, 0.15) is 74.2 Å². The van der Waals surface area contributed by atoms with E-state index in [0.717, 1.165) is 105 Å². The number of carbonyl (C=O) groups excluding carboxylic acids is 4. The molecule has 1 fully saturated rings. The normalized spacial score (nSPS) is 14.6.